The fraction of sp³-hybridized carbons (Fsp3) is 0.250. The highest BCUT2D eigenvalue weighted by atomic mass is 16.6. The highest BCUT2D eigenvalue weighted by molar-refractivity contribution is 5.92. The first-order valence-electron chi connectivity index (χ1n) is 9.76. The number of hydroxylamine groups is 1. The highest BCUT2D eigenvalue weighted by Gasteiger charge is 2.24. The largest absolute Gasteiger partial charge is 0.344 e. The normalized spacial score (nSPS) is 12.0. The van der Waals surface area contributed by atoms with Crippen LogP contribution in [0.25, 0.3) is 10.8 Å². The van der Waals surface area contributed by atoms with Gasteiger partial charge in [-0.1, -0.05) is 86.6 Å². The van der Waals surface area contributed by atoms with Crippen LogP contribution in [0, 0.1) is 5.92 Å². The molecule has 3 aromatic rings. The number of benzene rings is 3. The Bertz CT molecular complexity index is 965. The zero-order valence-electron chi connectivity index (χ0n) is 16.7. The van der Waals surface area contributed by atoms with Crippen LogP contribution in [0.2, 0.25) is 0 Å². The molecular formula is C24H26N2O3. The molecule has 5 nitrogen and oxygen atoms in total. The minimum Gasteiger partial charge on any atom is -0.344 e. The molecule has 0 unspecified atom stereocenters. The summed E-state index contributed by atoms with van der Waals surface area (Å²) in [6, 6.07) is 22.7. The molecule has 0 aliphatic heterocycles. The van der Waals surface area contributed by atoms with Crippen molar-refractivity contribution in [3.05, 3.63) is 83.9 Å². The van der Waals surface area contributed by atoms with E-state index in [1.54, 1.807) is 0 Å². The molecule has 0 spiro atoms. The van der Waals surface area contributed by atoms with Crippen LogP contribution >= 0.6 is 0 Å². The van der Waals surface area contributed by atoms with E-state index in [0.29, 0.717) is 0 Å². The third-order valence-corrected chi connectivity index (χ3v) is 4.75. The van der Waals surface area contributed by atoms with Crippen molar-refractivity contribution >= 4 is 22.6 Å². The molecule has 1 atom stereocenters. The van der Waals surface area contributed by atoms with Crippen LogP contribution in [0.15, 0.2) is 72.8 Å². The van der Waals surface area contributed by atoms with Gasteiger partial charge in [-0.05, 0) is 27.8 Å². The van der Waals surface area contributed by atoms with Gasteiger partial charge in [0.05, 0.1) is 13.0 Å². The van der Waals surface area contributed by atoms with Gasteiger partial charge in [0.15, 0.2) is 0 Å². The third-order valence-electron chi connectivity index (χ3n) is 4.75. The molecule has 0 saturated carbocycles. The Kier molecular flexibility index (Phi) is 6.98. The summed E-state index contributed by atoms with van der Waals surface area (Å²) in [7, 11) is 0. The van der Waals surface area contributed by atoms with Gasteiger partial charge in [0, 0.05) is 0 Å². The van der Waals surface area contributed by atoms with Gasteiger partial charge in [0.25, 0.3) is 5.91 Å². The maximum Gasteiger partial charge on any atom is 0.266 e. The van der Waals surface area contributed by atoms with Crippen molar-refractivity contribution in [3.63, 3.8) is 0 Å². The minimum atomic E-state index is -0.673. The molecule has 0 heterocycles. The summed E-state index contributed by atoms with van der Waals surface area (Å²) in [6.45, 7) is 4.04. The number of nitrogens with one attached hydrogen (secondary N) is 2. The Hall–Kier alpha value is -3.18. The predicted octanol–water partition coefficient (Wildman–Crippen LogP) is 3.77. The highest BCUT2D eigenvalue weighted by Crippen LogP contribution is 2.19. The van der Waals surface area contributed by atoms with E-state index in [4.69, 9.17) is 4.84 Å². The smallest absolute Gasteiger partial charge is 0.266 e. The lowest BCUT2D eigenvalue weighted by atomic mass is 10.0. The lowest BCUT2D eigenvalue weighted by molar-refractivity contribution is -0.140. The Morgan fingerprint density at radius 2 is 1.59 bits per heavy atom. The number of amides is 2. The minimum absolute atomic E-state index is 0.0770. The van der Waals surface area contributed by atoms with E-state index in [0.717, 1.165) is 21.9 Å². The Labute approximate surface area is 171 Å². The second-order valence-electron chi connectivity index (χ2n) is 7.34. The van der Waals surface area contributed by atoms with E-state index in [9.17, 15) is 9.59 Å². The molecule has 0 bridgehead atoms. The van der Waals surface area contributed by atoms with E-state index in [1.807, 2.05) is 86.6 Å². The number of rotatable bonds is 8. The summed E-state index contributed by atoms with van der Waals surface area (Å²) in [6.07, 6.45) is 0.211. The molecule has 5 heteroatoms. The zero-order chi connectivity index (χ0) is 20.6. The molecule has 2 amide bonds. The monoisotopic (exact) mass is 390 g/mol. The number of hydrogen-bond acceptors (Lipinski definition) is 3. The Morgan fingerprint density at radius 1 is 0.897 bits per heavy atom. The van der Waals surface area contributed by atoms with Crippen LogP contribution in [0.1, 0.15) is 25.0 Å². The molecule has 3 rings (SSSR count). The van der Waals surface area contributed by atoms with Crippen molar-refractivity contribution in [1.29, 1.82) is 0 Å². The molecule has 0 aliphatic carbocycles. The summed E-state index contributed by atoms with van der Waals surface area (Å²) < 4.78 is 0. The van der Waals surface area contributed by atoms with Gasteiger partial charge in [-0.3, -0.25) is 14.4 Å². The first kappa shape index (κ1) is 20.6. The zero-order valence-corrected chi connectivity index (χ0v) is 16.7. The quantitative estimate of drug-likeness (QED) is 0.576. The molecule has 3 aromatic carbocycles. The van der Waals surface area contributed by atoms with Crippen molar-refractivity contribution < 1.29 is 14.4 Å². The fourth-order valence-electron chi connectivity index (χ4n) is 3.21. The lowest BCUT2D eigenvalue weighted by Crippen LogP contribution is -2.50. The van der Waals surface area contributed by atoms with Crippen molar-refractivity contribution in [2.24, 2.45) is 5.92 Å². The molecular weight excluding hydrogens is 364 g/mol. The summed E-state index contributed by atoms with van der Waals surface area (Å²) in [5.74, 6) is -0.632. The van der Waals surface area contributed by atoms with E-state index in [1.165, 1.54) is 0 Å². The first-order valence-corrected chi connectivity index (χ1v) is 9.76. The fourth-order valence-corrected chi connectivity index (χ4v) is 3.21. The number of carbonyl (C=O) groups excluding carboxylic acids is 2. The van der Waals surface area contributed by atoms with Crippen LogP contribution in [0.4, 0.5) is 0 Å². The number of fused-ring (bicyclic) bond motifs is 1. The number of hydrogen-bond donors (Lipinski definition) is 2. The van der Waals surface area contributed by atoms with Crippen molar-refractivity contribution in [2.75, 3.05) is 0 Å². The van der Waals surface area contributed by atoms with E-state index < -0.39 is 6.04 Å². The third kappa shape index (κ3) is 5.65. The maximum absolute atomic E-state index is 12.6. The lowest BCUT2D eigenvalue weighted by Gasteiger charge is -2.21. The van der Waals surface area contributed by atoms with Crippen LogP contribution in [-0.4, -0.2) is 17.9 Å². The van der Waals surface area contributed by atoms with E-state index in [2.05, 4.69) is 10.8 Å². The Morgan fingerprint density at radius 3 is 2.34 bits per heavy atom. The van der Waals surface area contributed by atoms with Gasteiger partial charge < -0.3 is 5.32 Å². The second kappa shape index (κ2) is 9.85. The first-order chi connectivity index (χ1) is 14.0. The van der Waals surface area contributed by atoms with Crippen LogP contribution < -0.4 is 10.8 Å². The van der Waals surface area contributed by atoms with Gasteiger partial charge in [0.2, 0.25) is 5.91 Å². The van der Waals surface area contributed by atoms with E-state index in [-0.39, 0.29) is 30.8 Å². The molecule has 0 saturated heterocycles. The predicted molar refractivity (Wildman–Crippen MR) is 114 cm³/mol. The molecule has 2 N–H and O–H groups in total. The van der Waals surface area contributed by atoms with Crippen molar-refractivity contribution in [2.45, 2.75) is 32.9 Å². The van der Waals surface area contributed by atoms with Gasteiger partial charge in [-0.15, -0.1) is 0 Å². The van der Waals surface area contributed by atoms with Crippen molar-refractivity contribution in [3.8, 4) is 0 Å². The second-order valence-corrected chi connectivity index (χ2v) is 7.34. The summed E-state index contributed by atoms with van der Waals surface area (Å²) in [4.78, 5) is 30.5. The van der Waals surface area contributed by atoms with Crippen molar-refractivity contribution in [1.82, 2.24) is 10.8 Å². The average molecular weight is 390 g/mol. The molecule has 0 radical (unpaired) electrons. The number of carbonyl (C=O) groups is 2. The average Bonchev–Trinajstić information content (AvgIpc) is 2.73. The van der Waals surface area contributed by atoms with Crippen LogP contribution in [0.5, 0.6) is 0 Å². The van der Waals surface area contributed by atoms with Gasteiger partial charge in [0.1, 0.15) is 6.04 Å². The topological polar surface area (TPSA) is 67.4 Å². The molecule has 0 aromatic heterocycles. The van der Waals surface area contributed by atoms with Gasteiger partial charge >= 0.3 is 0 Å². The van der Waals surface area contributed by atoms with Gasteiger partial charge in [-0.25, -0.2) is 5.48 Å². The van der Waals surface area contributed by atoms with E-state index >= 15 is 0 Å². The summed E-state index contributed by atoms with van der Waals surface area (Å²) in [5, 5.41) is 4.98. The Balaban J connectivity index is 1.59. The summed E-state index contributed by atoms with van der Waals surface area (Å²) >= 11 is 0. The van der Waals surface area contributed by atoms with Gasteiger partial charge in [-0.2, -0.15) is 0 Å². The van der Waals surface area contributed by atoms with Crippen LogP contribution in [0.3, 0.4) is 0 Å². The standard InChI is InChI=1S/C24H26N2O3/c1-17(2)23(24(28)26-29-16-18-9-4-3-5-10-18)25-22(27)15-20-13-8-12-19-11-6-7-14-21(19)20/h3-14,17,23H,15-16H2,1-2H3,(H,25,27)(H,26,28)/t23-/m0/s1. The molecule has 0 fully saturated rings. The molecule has 150 valence electrons. The molecule has 29 heavy (non-hydrogen) atoms. The maximum atomic E-state index is 12.6. The summed E-state index contributed by atoms with van der Waals surface area (Å²) in [5.41, 5.74) is 4.34. The SMILES string of the molecule is CC(C)[C@H](NC(=O)Cc1cccc2ccccc12)C(=O)NOCc1ccccc1. The molecule has 0 aliphatic rings. The van der Waals surface area contributed by atoms with Crippen LogP contribution in [-0.2, 0) is 27.5 Å².